The maximum atomic E-state index is 12.1. The van der Waals surface area contributed by atoms with Crippen molar-refractivity contribution in [2.45, 2.75) is 11.2 Å². The number of carbonyl (C=O) groups is 1. The first-order chi connectivity index (χ1) is 16.6. The topological polar surface area (TPSA) is 59.9 Å². The Balaban J connectivity index is 1.21. The van der Waals surface area contributed by atoms with Crippen molar-refractivity contribution >= 4 is 74.2 Å². The molecule has 1 aliphatic heterocycles. The molecule has 9 heteroatoms. The number of amides is 1. The number of nitrogens with one attached hydrogen (secondary N) is 1. The van der Waals surface area contributed by atoms with Crippen LogP contribution in [0, 0.1) is 3.57 Å². The van der Waals surface area contributed by atoms with Crippen molar-refractivity contribution < 1.29 is 14.3 Å². The molecular weight excluding hydrogens is 647 g/mol. The van der Waals surface area contributed by atoms with Crippen LogP contribution in [0.15, 0.2) is 76.3 Å². The first-order valence-corrected chi connectivity index (χ1v) is 14.5. The van der Waals surface area contributed by atoms with Gasteiger partial charge >= 0.3 is 0 Å². The number of hydrogen-bond acceptors (Lipinski definition) is 6. The lowest BCUT2D eigenvalue weighted by Gasteiger charge is -2.10. The number of rotatable bonds is 9. The van der Waals surface area contributed by atoms with E-state index in [9.17, 15) is 4.79 Å². The molecule has 1 N–H and O–H groups in total. The van der Waals surface area contributed by atoms with E-state index in [1.165, 1.54) is 17.1 Å². The summed E-state index contributed by atoms with van der Waals surface area (Å²) < 4.78 is 14.0. The summed E-state index contributed by atoms with van der Waals surface area (Å²) in [6.07, 6.45) is 1.60. The molecule has 1 fully saturated rings. The minimum Gasteiger partial charge on any atom is -0.488 e. The van der Waals surface area contributed by atoms with Gasteiger partial charge < -0.3 is 9.47 Å². The number of halogens is 2. The predicted octanol–water partition coefficient (Wildman–Crippen LogP) is 6.64. The molecule has 34 heavy (non-hydrogen) atoms. The second-order valence-corrected chi connectivity index (χ2v) is 12.1. The SMILES string of the molecule is O=C(COc1ccc(C2SCCS2)cc1)N/N=C\c1ccc(OCc2ccc(Br)cc2)c(I)c1. The van der Waals surface area contributed by atoms with Crippen LogP contribution < -0.4 is 14.9 Å². The van der Waals surface area contributed by atoms with Crippen molar-refractivity contribution in [1.29, 1.82) is 0 Å². The normalized spacial score (nSPS) is 13.8. The molecule has 0 radical (unpaired) electrons. The Labute approximate surface area is 229 Å². The first-order valence-electron chi connectivity index (χ1n) is 10.5. The van der Waals surface area contributed by atoms with Crippen LogP contribution in [-0.4, -0.2) is 30.2 Å². The molecule has 5 nitrogen and oxygen atoms in total. The highest BCUT2D eigenvalue weighted by Gasteiger charge is 2.18. The van der Waals surface area contributed by atoms with E-state index in [1.807, 2.05) is 78.1 Å². The van der Waals surface area contributed by atoms with Crippen LogP contribution >= 0.6 is 62.0 Å². The maximum absolute atomic E-state index is 12.1. The van der Waals surface area contributed by atoms with Gasteiger partial charge in [0.1, 0.15) is 18.1 Å². The van der Waals surface area contributed by atoms with E-state index < -0.39 is 0 Å². The van der Waals surface area contributed by atoms with Gasteiger partial charge in [-0.1, -0.05) is 40.2 Å². The number of carbonyl (C=O) groups excluding carboxylic acids is 1. The van der Waals surface area contributed by atoms with E-state index in [-0.39, 0.29) is 12.5 Å². The van der Waals surface area contributed by atoms with Gasteiger partial charge in [-0.25, -0.2) is 5.43 Å². The van der Waals surface area contributed by atoms with E-state index in [2.05, 4.69) is 61.2 Å². The number of hydrazone groups is 1. The van der Waals surface area contributed by atoms with Crippen molar-refractivity contribution in [3.05, 3.63) is 91.5 Å². The lowest BCUT2D eigenvalue weighted by atomic mass is 10.2. The van der Waals surface area contributed by atoms with Crippen molar-refractivity contribution in [2.75, 3.05) is 18.1 Å². The Bertz CT molecular complexity index is 1140. The van der Waals surface area contributed by atoms with Crippen LogP contribution in [0.25, 0.3) is 0 Å². The number of thioether (sulfide) groups is 2. The van der Waals surface area contributed by atoms with Gasteiger partial charge in [0.05, 0.1) is 14.4 Å². The lowest BCUT2D eigenvalue weighted by molar-refractivity contribution is -0.123. The molecule has 0 aliphatic carbocycles. The molecule has 0 saturated carbocycles. The Hall–Kier alpha value is -1.69. The van der Waals surface area contributed by atoms with E-state index >= 15 is 0 Å². The van der Waals surface area contributed by atoms with Crippen LogP contribution in [0.1, 0.15) is 21.3 Å². The zero-order valence-electron chi connectivity index (χ0n) is 18.1. The fourth-order valence-corrected chi connectivity index (χ4v) is 6.91. The van der Waals surface area contributed by atoms with Gasteiger partial charge in [-0.3, -0.25) is 4.79 Å². The summed E-state index contributed by atoms with van der Waals surface area (Å²) in [5.41, 5.74) is 5.75. The molecule has 3 aromatic rings. The standard InChI is InChI=1S/C25H22BrIN2O3S2/c26-20-6-1-17(2-7-20)15-32-23-10-3-18(13-22(23)27)14-28-29-24(30)16-31-21-8-4-19(5-9-21)25-33-11-12-34-25/h1-10,13-14,25H,11-12,15-16H2,(H,29,30)/b28-14-. The predicted molar refractivity (Wildman–Crippen MR) is 153 cm³/mol. The fraction of sp³-hybridized carbons (Fsp3) is 0.200. The fourth-order valence-electron chi connectivity index (χ4n) is 3.09. The second-order valence-electron chi connectivity index (χ2n) is 7.33. The minimum atomic E-state index is -0.314. The van der Waals surface area contributed by atoms with Crippen LogP contribution in [0.5, 0.6) is 11.5 Å². The summed E-state index contributed by atoms with van der Waals surface area (Å²) in [6.45, 7) is 0.401. The number of ether oxygens (including phenoxy) is 2. The van der Waals surface area contributed by atoms with Crippen LogP contribution in [0.2, 0.25) is 0 Å². The Morgan fingerprint density at radius 2 is 1.79 bits per heavy atom. The highest BCUT2D eigenvalue weighted by molar-refractivity contribution is 14.1. The third-order valence-corrected chi connectivity index (χ3v) is 9.29. The summed E-state index contributed by atoms with van der Waals surface area (Å²) in [6, 6.07) is 21.7. The van der Waals surface area contributed by atoms with Gasteiger partial charge in [0.2, 0.25) is 0 Å². The van der Waals surface area contributed by atoms with E-state index in [0.29, 0.717) is 16.9 Å². The molecule has 0 aromatic heterocycles. The van der Waals surface area contributed by atoms with Crippen molar-refractivity contribution in [2.24, 2.45) is 5.10 Å². The van der Waals surface area contributed by atoms with Gasteiger partial charge in [-0.15, -0.1) is 23.5 Å². The highest BCUT2D eigenvalue weighted by Crippen LogP contribution is 2.45. The molecule has 0 spiro atoms. The molecule has 1 aliphatic rings. The summed E-state index contributed by atoms with van der Waals surface area (Å²) in [7, 11) is 0. The second kappa shape index (κ2) is 12.9. The van der Waals surface area contributed by atoms with E-state index in [1.54, 1.807) is 6.21 Å². The van der Waals surface area contributed by atoms with Gasteiger partial charge in [0, 0.05) is 16.0 Å². The lowest BCUT2D eigenvalue weighted by Crippen LogP contribution is -2.24. The minimum absolute atomic E-state index is 0.0933. The number of nitrogens with zero attached hydrogens (tertiary/aromatic N) is 1. The third kappa shape index (κ3) is 7.66. The van der Waals surface area contributed by atoms with E-state index in [4.69, 9.17) is 9.47 Å². The third-order valence-electron chi connectivity index (χ3n) is 4.81. The molecule has 1 saturated heterocycles. The zero-order chi connectivity index (χ0) is 23.8. The molecular formula is C25H22BrIN2O3S2. The molecule has 0 unspecified atom stereocenters. The quantitative estimate of drug-likeness (QED) is 0.157. The zero-order valence-corrected chi connectivity index (χ0v) is 23.5. The summed E-state index contributed by atoms with van der Waals surface area (Å²) in [5, 5.41) is 4.03. The monoisotopic (exact) mass is 668 g/mol. The van der Waals surface area contributed by atoms with Crippen LogP contribution in [0.4, 0.5) is 0 Å². The van der Waals surface area contributed by atoms with Crippen molar-refractivity contribution in [3.63, 3.8) is 0 Å². The summed E-state index contributed by atoms with van der Waals surface area (Å²) in [5.74, 6) is 3.54. The molecule has 4 rings (SSSR count). The molecule has 3 aromatic carbocycles. The van der Waals surface area contributed by atoms with E-state index in [0.717, 1.165) is 24.9 Å². The first kappa shape index (κ1) is 25.4. The highest BCUT2D eigenvalue weighted by atomic mass is 127. The number of benzene rings is 3. The molecule has 1 amide bonds. The molecule has 0 atom stereocenters. The Morgan fingerprint density at radius 3 is 2.50 bits per heavy atom. The molecule has 1 heterocycles. The molecule has 176 valence electrons. The van der Waals surface area contributed by atoms with Crippen molar-refractivity contribution in [3.8, 4) is 11.5 Å². The molecule has 0 bridgehead atoms. The van der Waals surface area contributed by atoms with Crippen LogP contribution in [-0.2, 0) is 11.4 Å². The maximum Gasteiger partial charge on any atom is 0.277 e. The number of hydrogen-bond donors (Lipinski definition) is 1. The Kier molecular flexibility index (Phi) is 9.60. The summed E-state index contributed by atoms with van der Waals surface area (Å²) in [4.78, 5) is 12.1. The average Bonchev–Trinajstić information content (AvgIpc) is 3.39. The van der Waals surface area contributed by atoms with Gasteiger partial charge in [-0.2, -0.15) is 5.10 Å². The van der Waals surface area contributed by atoms with Crippen molar-refractivity contribution in [1.82, 2.24) is 5.43 Å². The van der Waals surface area contributed by atoms with Gasteiger partial charge in [0.15, 0.2) is 6.61 Å². The largest absolute Gasteiger partial charge is 0.488 e. The van der Waals surface area contributed by atoms with Gasteiger partial charge in [-0.05, 0) is 81.7 Å². The smallest absolute Gasteiger partial charge is 0.277 e. The van der Waals surface area contributed by atoms with Crippen LogP contribution in [0.3, 0.4) is 0 Å². The average molecular weight is 669 g/mol. The summed E-state index contributed by atoms with van der Waals surface area (Å²) >= 11 is 9.59. The Morgan fingerprint density at radius 1 is 1.06 bits per heavy atom. The van der Waals surface area contributed by atoms with Gasteiger partial charge in [0.25, 0.3) is 5.91 Å².